The summed E-state index contributed by atoms with van der Waals surface area (Å²) >= 11 is 3.38. The number of carbonyl (C=O) groups is 1. The molecule has 1 aliphatic heterocycles. The number of benzene rings is 2. The summed E-state index contributed by atoms with van der Waals surface area (Å²) in [7, 11) is -3.87. The molecule has 29 heavy (non-hydrogen) atoms. The van der Waals surface area contributed by atoms with Gasteiger partial charge in [0.05, 0.1) is 10.6 Å². The van der Waals surface area contributed by atoms with Gasteiger partial charge in [0, 0.05) is 30.7 Å². The van der Waals surface area contributed by atoms with Gasteiger partial charge < -0.3 is 9.80 Å². The van der Waals surface area contributed by atoms with Crippen molar-refractivity contribution < 1.29 is 13.2 Å². The summed E-state index contributed by atoms with van der Waals surface area (Å²) < 4.78 is 28.8. The molecule has 1 heterocycles. The Morgan fingerprint density at radius 1 is 1.00 bits per heavy atom. The van der Waals surface area contributed by atoms with Crippen LogP contribution in [0.25, 0.3) is 0 Å². The number of sulfonamides is 1. The lowest BCUT2D eigenvalue weighted by molar-refractivity contribution is -0.131. The van der Waals surface area contributed by atoms with Crippen molar-refractivity contribution in [1.29, 1.82) is 0 Å². The van der Waals surface area contributed by atoms with Crippen molar-refractivity contribution in [1.82, 2.24) is 9.80 Å². The molecule has 0 atom stereocenters. The Morgan fingerprint density at radius 3 is 2.14 bits per heavy atom. The average Bonchev–Trinajstić information content (AvgIpc) is 2.73. The number of amides is 1. The molecule has 1 amide bonds. The van der Waals surface area contributed by atoms with Gasteiger partial charge in [0.25, 0.3) is 10.0 Å². The smallest absolute Gasteiger partial charge is 0.264 e. The van der Waals surface area contributed by atoms with Crippen molar-refractivity contribution >= 4 is 37.5 Å². The Balaban J connectivity index is 1.88. The van der Waals surface area contributed by atoms with Gasteiger partial charge in [-0.15, -0.1) is 0 Å². The molecule has 0 aliphatic carbocycles. The first kappa shape index (κ1) is 21.8. The van der Waals surface area contributed by atoms with Crippen LogP contribution in [0, 0.1) is 6.92 Å². The van der Waals surface area contributed by atoms with Crippen LogP contribution in [0.5, 0.6) is 0 Å². The third-order valence-electron chi connectivity index (χ3n) is 5.17. The molecule has 0 saturated carbocycles. The monoisotopic (exact) mass is 479 g/mol. The van der Waals surface area contributed by atoms with Crippen LogP contribution >= 0.6 is 15.9 Å². The Hall–Kier alpha value is -1.90. The van der Waals surface area contributed by atoms with E-state index in [4.69, 9.17) is 0 Å². The molecule has 0 spiro atoms. The number of carbonyl (C=O) groups excluding carboxylic acids is 1. The van der Waals surface area contributed by atoms with Gasteiger partial charge in [-0.3, -0.25) is 9.10 Å². The van der Waals surface area contributed by atoms with Gasteiger partial charge >= 0.3 is 0 Å². The second-order valence-corrected chi connectivity index (χ2v) is 9.89. The Kier molecular flexibility index (Phi) is 6.97. The molecule has 2 aromatic carbocycles. The van der Waals surface area contributed by atoms with E-state index in [9.17, 15) is 13.2 Å². The van der Waals surface area contributed by atoms with Gasteiger partial charge in [0.2, 0.25) is 5.91 Å². The molecule has 0 aromatic heterocycles. The number of aryl methyl sites for hydroxylation is 1. The fraction of sp³-hybridized carbons (Fsp3) is 0.381. The number of rotatable bonds is 6. The van der Waals surface area contributed by atoms with Gasteiger partial charge in [-0.1, -0.05) is 40.5 Å². The molecule has 3 rings (SSSR count). The van der Waals surface area contributed by atoms with Crippen molar-refractivity contribution in [2.24, 2.45) is 0 Å². The van der Waals surface area contributed by atoms with Crippen LogP contribution in [0.3, 0.4) is 0 Å². The van der Waals surface area contributed by atoms with Gasteiger partial charge in [0.15, 0.2) is 0 Å². The predicted octanol–water partition coefficient (Wildman–Crippen LogP) is 3.12. The first-order valence-electron chi connectivity index (χ1n) is 9.66. The molecule has 0 bridgehead atoms. The van der Waals surface area contributed by atoms with Crippen LogP contribution in [-0.2, 0) is 14.8 Å². The highest BCUT2D eigenvalue weighted by molar-refractivity contribution is 9.10. The largest absolute Gasteiger partial charge is 0.339 e. The standard InChI is InChI=1S/C21H26BrN3O3S/c1-3-23-12-14-24(15-13-23)21(26)16-25(19-8-6-18(22)7-9-19)29(27,28)20-10-4-17(2)5-11-20/h4-11H,3,12-16H2,1-2H3. The summed E-state index contributed by atoms with van der Waals surface area (Å²) in [6.45, 7) is 7.59. The number of nitrogens with zero attached hydrogens (tertiary/aromatic N) is 3. The first-order chi connectivity index (χ1) is 13.8. The Bertz CT molecular complexity index is 938. The minimum Gasteiger partial charge on any atom is -0.339 e. The molecule has 156 valence electrons. The van der Waals surface area contributed by atoms with Gasteiger partial charge in [-0.25, -0.2) is 8.42 Å². The third kappa shape index (κ3) is 5.18. The highest BCUT2D eigenvalue weighted by Crippen LogP contribution is 2.26. The molecular weight excluding hydrogens is 454 g/mol. The normalized spacial score (nSPS) is 15.3. The second-order valence-electron chi connectivity index (χ2n) is 7.12. The zero-order valence-electron chi connectivity index (χ0n) is 16.7. The number of halogens is 1. The number of hydrogen-bond donors (Lipinski definition) is 0. The molecule has 2 aromatic rings. The molecule has 6 nitrogen and oxygen atoms in total. The van der Waals surface area contributed by atoms with E-state index in [0.717, 1.165) is 29.7 Å². The van der Waals surface area contributed by atoms with E-state index >= 15 is 0 Å². The van der Waals surface area contributed by atoms with Crippen LogP contribution in [0.2, 0.25) is 0 Å². The Labute approximate surface area is 181 Å². The molecule has 8 heteroatoms. The van der Waals surface area contributed by atoms with Crippen molar-refractivity contribution in [3.8, 4) is 0 Å². The van der Waals surface area contributed by atoms with E-state index in [1.165, 1.54) is 4.31 Å². The number of anilines is 1. The van der Waals surface area contributed by atoms with Gasteiger partial charge in [-0.05, 0) is 49.9 Å². The zero-order chi connectivity index (χ0) is 21.0. The van der Waals surface area contributed by atoms with Crippen LogP contribution in [0.15, 0.2) is 57.9 Å². The van der Waals surface area contributed by atoms with Crippen LogP contribution in [0.1, 0.15) is 12.5 Å². The molecular formula is C21H26BrN3O3S. The maximum absolute atomic E-state index is 13.4. The zero-order valence-corrected chi connectivity index (χ0v) is 19.1. The maximum Gasteiger partial charge on any atom is 0.264 e. The highest BCUT2D eigenvalue weighted by Gasteiger charge is 2.30. The van der Waals surface area contributed by atoms with Crippen molar-refractivity contribution in [3.63, 3.8) is 0 Å². The molecule has 0 radical (unpaired) electrons. The first-order valence-corrected chi connectivity index (χ1v) is 11.9. The number of likely N-dealkylation sites (N-methyl/N-ethyl adjacent to an activating group) is 1. The summed E-state index contributed by atoms with van der Waals surface area (Å²) in [6, 6.07) is 13.7. The van der Waals surface area contributed by atoms with E-state index < -0.39 is 10.0 Å². The van der Waals surface area contributed by atoms with Crippen LogP contribution < -0.4 is 4.31 Å². The lowest BCUT2D eigenvalue weighted by atomic mass is 10.2. The van der Waals surface area contributed by atoms with Crippen molar-refractivity contribution in [2.45, 2.75) is 18.7 Å². The second kappa shape index (κ2) is 9.28. The lowest BCUT2D eigenvalue weighted by Crippen LogP contribution is -2.51. The third-order valence-corrected chi connectivity index (χ3v) is 7.49. The van der Waals surface area contributed by atoms with Crippen LogP contribution in [0.4, 0.5) is 5.69 Å². The summed E-state index contributed by atoms with van der Waals surface area (Å²) in [5, 5.41) is 0. The summed E-state index contributed by atoms with van der Waals surface area (Å²) in [6.07, 6.45) is 0. The topological polar surface area (TPSA) is 60.9 Å². The SMILES string of the molecule is CCN1CCN(C(=O)CN(c2ccc(Br)cc2)S(=O)(=O)c2ccc(C)cc2)CC1. The van der Waals surface area contributed by atoms with E-state index in [1.54, 1.807) is 53.4 Å². The quantitative estimate of drug-likeness (QED) is 0.638. The van der Waals surface area contributed by atoms with E-state index in [0.29, 0.717) is 18.8 Å². The van der Waals surface area contributed by atoms with Crippen molar-refractivity contribution in [2.75, 3.05) is 43.6 Å². The maximum atomic E-state index is 13.4. The Morgan fingerprint density at radius 2 is 1.59 bits per heavy atom. The number of hydrogen-bond acceptors (Lipinski definition) is 4. The van der Waals surface area contributed by atoms with Gasteiger partial charge in [-0.2, -0.15) is 0 Å². The molecule has 1 fully saturated rings. The molecule has 1 aliphatic rings. The van der Waals surface area contributed by atoms with E-state index in [2.05, 4.69) is 27.8 Å². The fourth-order valence-corrected chi connectivity index (χ4v) is 4.97. The number of piperazine rings is 1. The summed E-state index contributed by atoms with van der Waals surface area (Å²) in [4.78, 5) is 17.2. The van der Waals surface area contributed by atoms with Gasteiger partial charge in [0.1, 0.15) is 6.54 Å². The van der Waals surface area contributed by atoms with Crippen molar-refractivity contribution in [3.05, 3.63) is 58.6 Å². The highest BCUT2D eigenvalue weighted by atomic mass is 79.9. The minimum atomic E-state index is -3.87. The minimum absolute atomic E-state index is 0.176. The predicted molar refractivity (Wildman–Crippen MR) is 119 cm³/mol. The van der Waals surface area contributed by atoms with Crippen LogP contribution in [-0.4, -0.2) is 63.4 Å². The molecule has 1 saturated heterocycles. The van der Waals surface area contributed by atoms with E-state index in [-0.39, 0.29) is 17.3 Å². The van der Waals surface area contributed by atoms with E-state index in [1.807, 2.05) is 6.92 Å². The summed E-state index contributed by atoms with van der Waals surface area (Å²) in [5.74, 6) is -0.181. The fourth-order valence-electron chi connectivity index (χ4n) is 3.30. The lowest BCUT2D eigenvalue weighted by Gasteiger charge is -2.35. The molecule has 0 N–H and O–H groups in total. The average molecular weight is 480 g/mol. The summed E-state index contributed by atoms with van der Waals surface area (Å²) in [5.41, 5.74) is 1.44. The molecule has 0 unspecified atom stereocenters.